The van der Waals surface area contributed by atoms with Gasteiger partial charge in [-0.2, -0.15) is 4.98 Å². The fourth-order valence-electron chi connectivity index (χ4n) is 2.19. The van der Waals surface area contributed by atoms with Crippen molar-refractivity contribution < 1.29 is 9.50 Å². The Labute approximate surface area is 121 Å². The third kappa shape index (κ3) is 2.80. The minimum absolute atomic E-state index is 0.0622. The number of aromatic nitrogens is 2. The van der Waals surface area contributed by atoms with E-state index >= 15 is 0 Å². The molecule has 0 spiro atoms. The third-order valence-electron chi connectivity index (χ3n) is 3.75. The average molecular weight is 291 g/mol. The van der Waals surface area contributed by atoms with Crippen molar-refractivity contribution in [1.82, 2.24) is 9.97 Å². The lowest BCUT2D eigenvalue weighted by atomic mass is 9.93. The summed E-state index contributed by atoms with van der Waals surface area (Å²) >= 11 is 0. The summed E-state index contributed by atoms with van der Waals surface area (Å²) in [6, 6.07) is 5.42. The first kappa shape index (κ1) is 15.2. The molecule has 112 valence electrons. The zero-order valence-electron chi connectivity index (χ0n) is 12.0. The molecule has 6 heteroatoms. The molecular formula is C15H18FN3O2. The summed E-state index contributed by atoms with van der Waals surface area (Å²) in [7, 11) is 0. The van der Waals surface area contributed by atoms with Crippen LogP contribution in [-0.2, 0) is 5.54 Å². The van der Waals surface area contributed by atoms with Crippen molar-refractivity contribution in [2.75, 3.05) is 0 Å². The van der Waals surface area contributed by atoms with Crippen LogP contribution in [0.2, 0.25) is 0 Å². The predicted octanol–water partition coefficient (Wildman–Crippen LogP) is 2.26. The number of H-pyrrole nitrogens is 1. The van der Waals surface area contributed by atoms with Gasteiger partial charge in [0.1, 0.15) is 17.2 Å². The molecule has 0 aliphatic heterocycles. The first-order chi connectivity index (χ1) is 9.91. The Balaban J connectivity index is 2.61. The van der Waals surface area contributed by atoms with Crippen molar-refractivity contribution in [2.45, 2.75) is 32.2 Å². The molecule has 21 heavy (non-hydrogen) atoms. The minimum atomic E-state index is -0.808. The molecule has 0 amide bonds. The highest BCUT2D eigenvalue weighted by molar-refractivity contribution is 5.67. The van der Waals surface area contributed by atoms with E-state index in [1.807, 2.05) is 13.8 Å². The van der Waals surface area contributed by atoms with E-state index in [0.717, 1.165) is 0 Å². The van der Waals surface area contributed by atoms with Gasteiger partial charge in [0.25, 0.3) is 5.56 Å². The van der Waals surface area contributed by atoms with E-state index in [4.69, 9.17) is 5.73 Å². The first-order valence-electron chi connectivity index (χ1n) is 6.80. The molecule has 0 radical (unpaired) electrons. The second-order valence-corrected chi connectivity index (χ2v) is 4.99. The molecule has 2 rings (SSSR count). The van der Waals surface area contributed by atoms with Crippen LogP contribution in [-0.4, -0.2) is 15.1 Å². The zero-order valence-corrected chi connectivity index (χ0v) is 12.0. The molecular weight excluding hydrogens is 273 g/mol. The fraction of sp³-hybridized carbons (Fsp3) is 0.333. The van der Waals surface area contributed by atoms with Gasteiger partial charge in [0.2, 0.25) is 5.88 Å². The van der Waals surface area contributed by atoms with Crippen molar-refractivity contribution in [3.63, 3.8) is 0 Å². The highest BCUT2D eigenvalue weighted by Crippen LogP contribution is 2.28. The lowest BCUT2D eigenvalue weighted by Gasteiger charge is -2.25. The number of nitrogens with zero attached hydrogens (tertiary/aromatic N) is 1. The van der Waals surface area contributed by atoms with Crippen LogP contribution in [0.5, 0.6) is 5.88 Å². The normalized spacial score (nSPS) is 11.6. The van der Waals surface area contributed by atoms with Crippen molar-refractivity contribution in [2.24, 2.45) is 5.73 Å². The maximum absolute atomic E-state index is 13.3. The summed E-state index contributed by atoms with van der Waals surface area (Å²) < 4.78 is 13.3. The number of aromatic amines is 1. The zero-order chi connectivity index (χ0) is 15.6. The van der Waals surface area contributed by atoms with Gasteiger partial charge in [-0.3, -0.25) is 4.79 Å². The SMILES string of the molecule is CCC(N)(CC)c1nc(O)c(-c2cccc(F)c2)c(=O)[nH]1. The number of rotatable bonds is 4. The van der Waals surface area contributed by atoms with E-state index in [9.17, 15) is 14.3 Å². The monoisotopic (exact) mass is 291 g/mol. The van der Waals surface area contributed by atoms with Gasteiger partial charge >= 0.3 is 0 Å². The topological polar surface area (TPSA) is 92.0 Å². The Morgan fingerprint density at radius 3 is 2.57 bits per heavy atom. The van der Waals surface area contributed by atoms with E-state index < -0.39 is 22.8 Å². The maximum atomic E-state index is 13.3. The van der Waals surface area contributed by atoms with E-state index in [-0.39, 0.29) is 17.0 Å². The Hall–Kier alpha value is -2.21. The number of halogens is 1. The molecule has 0 fully saturated rings. The summed E-state index contributed by atoms with van der Waals surface area (Å²) in [6.45, 7) is 3.75. The van der Waals surface area contributed by atoms with Gasteiger partial charge in [-0.05, 0) is 30.5 Å². The Bertz CT molecular complexity index is 708. The second-order valence-electron chi connectivity index (χ2n) is 4.99. The van der Waals surface area contributed by atoms with Crippen LogP contribution in [0, 0.1) is 5.82 Å². The van der Waals surface area contributed by atoms with Gasteiger partial charge in [0.05, 0.1) is 5.54 Å². The summed E-state index contributed by atoms with van der Waals surface area (Å²) in [6.07, 6.45) is 1.12. The number of nitrogens with one attached hydrogen (secondary N) is 1. The number of aromatic hydroxyl groups is 1. The van der Waals surface area contributed by atoms with Gasteiger partial charge in [-0.15, -0.1) is 0 Å². The summed E-state index contributed by atoms with van der Waals surface area (Å²) in [5.74, 6) is -0.711. The second kappa shape index (κ2) is 5.65. The van der Waals surface area contributed by atoms with E-state index in [2.05, 4.69) is 9.97 Å². The molecule has 0 atom stereocenters. The van der Waals surface area contributed by atoms with E-state index in [1.54, 1.807) is 0 Å². The van der Waals surface area contributed by atoms with Crippen LogP contribution in [0.4, 0.5) is 4.39 Å². The largest absolute Gasteiger partial charge is 0.493 e. The molecule has 1 aromatic carbocycles. The van der Waals surface area contributed by atoms with Gasteiger partial charge in [-0.25, -0.2) is 4.39 Å². The molecule has 0 unspecified atom stereocenters. The number of hydrogen-bond acceptors (Lipinski definition) is 4. The highest BCUT2D eigenvalue weighted by Gasteiger charge is 2.27. The highest BCUT2D eigenvalue weighted by atomic mass is 19.1. The molecule has 5 nitrogen and oxygen atoms in total. The smallest absolute Gasteiger partial charge is 0.262 e. The first-order valence-corrected chi connectivity index (χ1v) is 6.80. The quantitative estimate of drug-likeness (QED) is 0.805. The molecule has 1 aromatic heterocycles. The Kier molecular flexibility index (Phi) is 4.09. The third-order valence-corrected chi connectivity index (χ3v) is 3.75. The molecule has 0 bridgehead atoms. The van der Waals surface area contributed by atoms with Gasteiger partial charge in [0.15, 0.2) is 0 Å². The van der Waals surface area contributed by atoms with Crippen LogP contribution < -0.4 is 11.3 Å². The van der Waals surface area contributed by atoms with Crippen molar-refractivity contribution in [1.29, 1.82) is 0 Å². The van der Waals surface area contributed by atoms with Crippen molar-refractivity contribution in [3.8, 4) is 17.0 Å². The van der Waals surface area contributed by atoms with Crippen LogP contribution in [0.3, 0.4) is 0 Å². The van der Waals surface area contributed by atoms with Crippen LogP contribution in [0.25, 0.3) is 11.1 Å². The van der Waals surface area contributed by atoms with Crippen molar-refractivity contribution in [3.05, 3.63) is 46.3 Å². The maximum Gasteiger partial charge on any atom is 0.262 e. The Morgan fingerprint density at radius 1 is 1.38 bits per heavy atom. The van der Waals surface area contributed by atoms with Gasteiger partial charge in [0, 0.05) is 0 Å². The van der Waals surface area contributed by atoms with Gasteiger partial charge < -0.3 is 15.8 Å². The average Bonchev–Trinajstić information content (AvgIpc) is 2.45. The number of hydrogen-bond donors (Lipinski definition) is 3. The number of benzene rings is 1. The standard InChI is InChI=1S/C15H18FN3O2/c1-3-15(17,4-2)14-18-12(20)11(13(21)19-14)9-6-5-7-10(16)8-9/h5-8H,3-4,17H2,1-2H3,(H2,18,19,20,21). The van der Waals surface area contributed by atoms with Gasteiger partial charge in [-0.1, -0.05) is 26.0 Å². The summed E-state index contributed by atoms with van der Waals surface area (Å²) in [5.41, 5.74) is 5.02. The molecule has 1 heterocycles. The van der Waals surface area contributed by atoms with E-state index in [0.29, 0.717) is 12.8 Å². The summed E-state index contributed by atoms with van der Waals surface area (Å²) in [4.78, 5) is 18.8. The molecule has 0 aliphatic carbocycles. The molecule has 0 saturated heterocycles. The fourth-order valence-corrected chi connectivity index (χ4v) is 2.19. The van der Waals surface area contributed by atoms with Crippen molar-refractivity contribution >= 4 is 0 Å². The minimum Gasteiger partial charge on any atom is -0.493 e. The van der Waals surface area contributed by atoms with Crippen LogP contribution >= 0.6 is 0 Å². The predicted molar refractivity (Wildman–Crippen MR) is 78.4 cm³/mol. The Morgan fingerprint density at radius 2 is 2.05 bits per heavy atom. The molecule has 4 N–H and O–H groups in total. The molecule has 0 saturated carbocycles. The molecule has 0 aliphatic rings. The summed E-state index contributed by atoms with van der Waals surface area (Å²) in [5, 5.41) is 10.1. The van der Waals surface area contributed by atoms with Crippen LogP contribution in [0.1, 0.15) is 32.5 Å². The van der Waals surface area contributed by atoms with E-state index in [1.165, 1.54) is 24.3 Å². The number of nitrogens with two attached hydrogens (primary N) is 1. The van der Waals surface area contributed by atoms with Crippen LogP contribution in [0.15, 0.2) is 29.1 Å². The molecule has 2 aromatic rings. The lowest BCUT2D eigenvalue weighted by Crippen LogP contribution is -2.38. The lowest BCUT2D eigenvalue weighted by molar-refractivity contribution is 0.372.